The fourth-order valence-electron chi connectivity index (χ4n) is 2.09. The van der Waals surface area contributed by atoms with Crippen LogP contribution in [0.1, 0.15) is 26.3 Å². The molecule has 0 unspecified atom stereocenters. The highest BCUT2D eigenvalue weighted by Gasteiger charge is 2.24. The van der Waals surface area contributed by atoms with Gasteiger partial charge in [0.15, 0.2) is 9.84 Å². The molecule has 0 aliphatic rings. The first-order chi connectivity index (χ1) is 11.3. The first kappa shape index (κ1) is 19.8. The van der Waals surface area contributed by atoms with E-state index in [2.05, 4.69) is 0 Å². The molecule has 0 N–H and O–H groups in total. The van der Waals surface area contributed by atoms with Crippen molar-refractivity contribution >= 4 is 31.6 Å². The lowest BCUT2D eigenvalue weighted by Gasteiger charge is -2.19. The van der Waals surface area contributed by atoms with Gasteiger partial charge in [0.05, 0.1) is 9.92 Å². The van der Waals surface area contributed by atoms with Crippen LogP contribution in [0.2, 0.25) is 5.02 Å². The Balaban J connectivity index is 2.47. The summed E-state index contributed by atoms with van der Waals surface area (Å²) in [5.74, 6) is 0.133. The van der Waals surface area contributed by atoms with Gasteiger partial charge in [-0.05, 0) is 41.3 Å². The molecular formula is C17H19ClO5S2. The standard InChI is InChI=1S/C17H19ClO5S2/c1-17(2,3)12-6-5-7-13(10-12)23-25(21,22)16-11-14(24(4,19)20)8-9-15(16)18/h5-11H,1-4H3. The summed E-state index contributed by atoms with van der Waals surface area (Å²) >= 11 is 5.95. The first-order valence-corrected chi connectivity index (χ1v) is 11.0. The van der Waals surface area contributed by atoms with E-state index in [9.17, 15) is 16.8 Å². The number of halogens is 1. The highest BCUT2D eigenvalue weighted by atomic mass is 35.5. The van der Waals surface area contributed by atoms with E-state index in [4.69, 9.17) is 15.8 Å². The van der Waals surface area contributed by atoms with Crippen molar-refractivity contribution < 1.29 is 21.0 Å². The Morgan fingerprint density at radius 1 is 0.960 bits per heavy atom. The third kappa shape index (κ3) is 4.74. The van der Waals surface area contributed by atoms with Crippen molar-refractivity contribution in [2.75, 3.05) is 6.26 Å². The quantitative estimate of drug-likeness (QED) is 0.726. The molecule has 25 heavy (non-hydrogen) atoms. The van der Waals surface area contributed by atoms with Crippen LogP contribution in [0.5, 0.6) is 5.75 Å². The molecule has 0 aliphatic heterocycles. The van der Waals surface area contributed by atoms with Crippen molar-refractivity contribution in [3.8, 4) is 5.75 Å². The summed E-state index contributed by atoms with van der Waals surface area (Å²) in [5.41, 5.74) is 0.716. The zero-order valence-corrected chi connectivity index (χ0v) is 16.7. The maximum Gasteiger partial charge on any atom is 0.340 e. The Morgan fingerprint density at radius 3 is 2.16 bits per heavy atom. The highest BCUT2D eigenvalue weighted by molar-refractivity contribution is 7.90. The summed E-state index contributed by atoms with van der Waals surface area (Å²) < 4.78 is 53.6. The molecule has 0 aromatic heterocycles. The van der Waals surface area contributed by atoms with Gasteiger partial charge in [0.25, 0.3) is 0 Å². The van der Waals surface area contributed by atoms with E-state index in [0.29, 0.717) is 0 Å². The third-order valence-corrected chi connectivity index (χ3v) is 6.35. The molecule has 0 fully saturated rings. The lowest BCUT2D eigenvalue weighted by atomic mass is 9.87. The summed E-state index contributed by atoms with van der Waals surface area (Å²) in [6.07, 6.45) is 0.986. The fourth-order valence-corrected chi connectivity index (χ4v) is 4.24. The minimum Gasteiger partial charge on any atom is -0.379 e. The summed E-state index contributed by atoms with van der Waals surface area (Å²) in [6.45, 7) is 5.98. The lowest BCUT2D eigenvalue weighted by molar-refractivity contribution is 0.483. The van der Waals surface area contributed by atoms with Gasteiger partial charge in [-0.1, -0.05) is 44.5 Å². The van der Waals surface area contributed by atoms with Crippen molar-refractivity contribution in [1.82, 2.24) is 0 Å². The van der Waals surface area contributed by atoms with Crippen LogP contribution in [0.3, 0.4) is 0 Å². The average Bonchev–Trinajstić information content (AvgIpc) is 2.45. The second kappa shape index (κ2) is 6.63. The van der Waals surface area contributed by atoms with Gasteiger partial charge in [-0.15, -0.1) is 0 Å². The number of sulfone groups is 1. The molecule has 2 aromatic rings. The van der Waals surface area contributed by atoms with Gasteiger partial charge in [0.2, 0.25) is 0 Å². The van der Waals surface area contributed by atoms with Crippen LogP contribution in [0.15, 0.2) is 52.3 Å². The van der Waals surface area contributed by atoms with E-state index in [0.717, 1.165) is 17.9 Å². The van der Waals surface area contributed by atoms with Gasteiger partial charge >= 0.3 is 10.1 Å². The second-order valence-electron chi connectivity index (χ2n) is 6.68. The largest absolute Gasteiger partial charge is 0.379 e. The summed E-state index contributed by atoms with van der Waals surface area (Å²) in [6, 6.07) is 10.2. The Bertz CT molecular complexity index is 1000. The maximum absolute atomic E-state index is 12.6. The Labute approximate surface area is 153 Å². The van der Waals surface area contributed by atoms with Gasteiger partial charge in [-0.2, -0.15) is 8.42 Å². The Morgan fingerprint density at radius 2 is 1.60 bits per heavy atom. The molecule has 136 valence electrons. The van der Waals surface area contributed by atoms with E-state index in [1.807, 2.05) is 26.8 Å². The van der Waals surface area contributed by atoms with Gasteiger partial charge in [-0.3, -0.25) is 0 Å². The molecular weight excluding hydrogens is 384 g/mol. The number of hydrogen-bond acceptors (Lipinski definition) is 5. The summed E-state index contributed by atoms with van der Waals surface area (Å²) in [4.78, 5) is -0.541. The van der Waals surface area contributed by atoms with Crippen molar-refractivity contribution in [2.24, 2.45) is 0 Å². The zero-order valence-electron chi connectivity index (χ0n) is 14.3. The van der Waals surface area contributed by atoms with Crippen LogP contribution in [0, 0.1) is 0 Å². The normalized spacial score (nSPS) is 12.8. The van der Waals surface area contributed by atoms with Gasteiger partial charge in [-0.25, -0.2) is 8.42 Å². The van der Waals surface area contributed by atoms with E-state index < -0.39 is 24.9 Å². The van der Waals surface area contributed by atoms with Gasteiger partial charge in [0, 0.05) is 6.26 Å². The molecule has 0 aliphatic carbocycles. The molecule has 8 heteroatoms. The molecule has 0 saturated carbocycles. The van der Waals surface area contributed by atoms with E-state index in [1.165, 1.54) is 18.2 Å². The van der Waals surface area contributed by atoms with Crippen molar-refractivity contribution in [2.45, 2.75) is 36.0 Å². The number of benzene rings is 2. The molecule has 0 heterocycles. The van der Waals surface area contributed by atoms with E-state index >= 15 is 0 Å². The summed E-state index contributed by atoms with van der Waals surface area (Å²) in [5, 5.41) is -0.112. The van der Waals surface area contributed by atoms with Crippen molar-refractivity contribution in [1.29, 1.82) is 0 Å². The zero-order chi connectivity index (χ0) is 19.0. The number of rotatable bonds is 4. The molecule has 2 rings (SSSR count). The fraction of sp³-hybridized carbons (Fsp3) is 0.294. The van der Waals surface area contributed by atoms with Crippen LogP contribution in [-0.2, 0) is 25.4 Å². The molecule has 0 atom stereocenters. The van der Waals surface area contributed by atoms with E-state index in [1.54, 1.807) is 12.1 Å². The maximum atomic E-state index is 12.6. The second-order valence-corrected chi connectivity index (χ2v) is 10.6. The molecule has 0 spiro atoms. The molecule has 0 amide bonds. The predicted octanol–water partition coefficient (Wildman–Crippen LogP) is 3.81. The van der Waals surface area contributed by atoms with Crippen molar-refractivity contribution in [3.63, 3.8) is 0 Å². The predicted molar refractivity (Wildman–Crippen MR) is 97.5 cm³/mol. The third-order valence-electron chi connectivity index (χ3n) is 3.51. The highest BCUT2D eigenvalue weighted by Crippen LogP contribution is 2.30. The Hall–Kier alpha value is -1.57. The van der Waals surface area contributed by atoms with Gasteiger partial charge < -0.3 is 4.18 Å². The molecule has 2 aromatic carbocycles. The molecule has 5 nitrogen and oxygen atoms in total. The SMILES string of the molecule is CC(C)(C)c1cccc(OS(=O)(=O)c2cc(S(C)(=O)=O)ccc2Cl)c1. The lowest BCUT2D eigenvalue weighted by Crippen LogP contribution is -2.14. The van der Waals surface area contributed by atoms with E-state index in [-0.39, 0.29) is 21.1 Å². The minimum atomic E-state index is -4.29. The summed E-state index contributed by atoms with van der Waals surface area (Å²) in [7, 11) is -7.87. The number of hydrogen-bond donors (Lipinski definition) is 0. The van der Waals surface area contributed by atoms with Crippen LogP contribution < -0.4 is 4.18 Å². The molecule has 0 bridgehead atoms. The minimum absolute atomic E-state index is 0.112. The first-order valence-electron chi connectivity index (χ1n) is 7.35. The molecule has 0 radical (unpaired) electrons. The van der Waals surface area contributed by atoms with Crippen LogP contribution >= 0.6 is 11.6 Å². The van der Waals surface area contributed by atoms with Gasteiger partial charge in [0.1, 0.15) is 10.6 Å². The van der Waals surface area contributed by atoms with Crippen molar-refractivity contribution in [3.05, 3.63) is 53.1 Å². The van der Waals surface area contributed by atoms with Crippen LogP contribution in [0.4, 0.5) is 0 Å². The van der Waals surface area contributed by atoms with Crippen LogP contribution in [0.25, 0.3) is 0 Å². The smallest absolute Gasteiger partial charge is 0.340 e. The monoisotopic (exact) mass is 402 g/mol. The molecule has 0 saturated heterocycles. The topological polar surface area (TPSA) is 77.5 Å². The Kier molecular flexibility index (Phi) is 5.23. The van der Waals surface area contributed by atoms with Crippen LogP contribution in [-0.4, -0.2) is 23.1 Å². The average molecular weight is 403 g/mol.